The topological polar surface area (TPSA) is 84.7 Å². The standard InChI is InChI=1S/C40H42FN3O4S/c1-25(45)44-30(19-28-9-7-8-10-34(28)44)24-48-31-16-18-35-32(20-31)37(49-39(2,3)4)36(21-40(5,6)38(46)47)43(35)23-26-11-13-27(14-12-26)33-17-15-29(41)22-42-33/h7-18,20,22,30H,19,21,23-24H2,1-6H3,(H,46,47)/t30-/m0/s1. The number of para-hydroxylation sites is 1. The maximum absolute atomic E-state index is 13.5. The summed E-state index contributed by atoms with van der Waals surface area (Å²) in [6.45, 7) is 12.5. The number of thioether (sulfide) groups is 1. The zero-order valence-corrected chi connectivity index (χ0v) is 29.6. The van der Waals surface area contributed by atoms with Crippen LogP contribution in [0.3, 0.4) is 0 Å². The molecular formula is C40H42FN3O4S. The third-order valence-corrected chi connectivity index (χ3v) is 10.1. The minimum atomic E-state index is -1.01. The van der Waals surface area contributed by atoms with E-state index in [2.05, 4.69) is 48.5 Å². The first-order valence-corrected chi connectivity index (χ1v) is 17.3. The fourth-order valence-corrected chi connectivity index (χ4v) is 7.63. The Kier molecular flexibility index (Phi) is 9.33. The van der Waals surface area contributed by atoms with E-state index in [-0.39, 0.29) is 22.5 Å². The normalized spacial score (nSPS) is 14.7. The second-order valence-corrected chi connectivity index (χ2v) is 16.2. The zero-order chi connectivity index (χ0) is 35.1. The number of ether oxygens (including phenoxy) is 1. The Hall–Kier alpha value is -4.63. The molecule has 3 aromatic carbocycles. The molecule has 0 radical (unpaired) electrons. The van der Waals surface area contributed by atoms with Gasteiger partial charge in [0, 0.05) is 57.4 Å². The van der Waals surface area contributed by atoms with Gasteiger partial charge in [0.25, 0.3) is 0 Å². The Morgan fingerprint density at radius 1 is 1.00 bits per heavy atom. The summed E-state index contributed by atoms with van der Waals surface area (Å²) in [6.07, 6.45) is 2.27. The van der Waals surface area contributed by atoms with Crippen LogP contribution in [0.25, 0.3) is 22.2 Å². The van der Waals surface area contributed by atoms with Crippen molar-refractivity contribution < 1.29 is 23.8 Å². The average molecular weight is 680 g/mol. The van der Waals surface area contributed by atoms with Crippen LogP contribution in [0.4, 0.5) is 10.1 Å². The van der Waals surface area contributed by atoms with E-state index in [1.165, 1.54) is 12.3 Å². The number of anilines is 1. The van der Waals surface area contributed by atoms with Crippen LogP contribution in [-0.4, -0.2) is 43.9 Å². The molecule has 1 aliphatic heterocycles. The highest BCUT2D eigenvalue weighted by molar-refractivity contribution is 8.00. The van der Waals surface area contributed by atoms with E-state index < -0.39 is 11.4 Å². The van der Waals surface area contributed by atoms with Gasteiger partial charge in [-0.3, -0.25) is 14.6 Å². The molecule has 9 heteroatoms. The summed E-state index contributed by atoms with van der Waals surface area (Å²) in [5.41, 5.74) is 5.61. The maximum atomic E-state index is 13.5. The second kappa shape index (κ2) is 13.3. The fourth-order valence-electron chi connectivity index (χ4n) is 6.44. The number of rotatable bonds is 10. The number of pyridine rings is 1. The van der Waals surface area contributed by atoms with Gasteiger partial charge >= 0.3 is 5.97 Å². The predicted octanol–water partition coefficient (Wildman–Crippen LogP) is 8.79. The summed E-state index contributed by atoms with van der Waals surface area (Å²) in [7, 11) is 0. The molecule has 1 N–H and O–H groups in total. The Morgan fingerprint density at radius 2 is 1.73 bits per heavy atom. The summed E-state index contributed by atoms with van der Waals surface area (Å²) < 4.78 is 22.0. The minimum Gasteiger partial charge on any atom is -0.491 e. The number of carbonyl (C=O) groups is 2. The van der Waals surface area contributed by atoms with Crippen LogP contribution in [0.1, 0.15) is 58.4 Å². The van der Waals surface area contributed by atoms with E-state index in [9.17, 15) is 19.1 Å². The monoisotopic (exact) mass is 679 g/mol. The summed E-state index contributed by atoms with van der Waals surface area (Å²) in [5, 5.41) is 11.2. The first-order valence-electron chi connectivity index (χ1n) is 16.5. The van der Waals surface area contributed by atoms with Crippen molar-refractivity contribution in [2.75, 3.05) is 11.5 Å². The van der Waals surface area contributed by atoms with Gasteiger partial charge in [-0.1, -0.05) is 63.2 Å². The fraction of sp³-hybridized carbons (Fsp3) is 0.325. The molecule has 5 aromatic rings. The van der Waals surface area contributed by atoms with Crippen molar-refractivity contribution in [1.29, 1.82) is 0 Å². The number of nitrogens with zero attached hydrogens (tertiary/aromatic N) is 3. The number of benzene rings is 3. The number of fused-ring (bicyclic) bond motifs is 2. The van der Waals surface area contributed by atoms with E-state index in [1.807, 2.05) is 53.4 Å². The molecule has 0 spiro atoms. The van der Waals surface area contributed by atoms with Crippen LogP contribution in [0, 0.1) is 11.2 Å². The van der Waals surface area contributed by atoms with E-state index in [4.69, 9.17) is 4.74 Å². The molecule has 1 aliphatic rings. The highest BCUT2D eigenvalue weighted by Crippen LogP contribution is 2.44. The molecule has 0 saturated carbocycles. The second-order valence-electron chi connectivity index (χ2n) is 14.4. The molecule has 6 rings (SSSR count). The Labute approximate surface area is 291 Å². The molecule has 0 aliphatic carbocycles. The summed E-state index contributed by atoms with van der Waals surface area (Å²) >= 11 is 1.73. The van der Waals surface area contributed by atoms with Gasteiger partial charge in [0.15, 0.2) is 0 Å². The molecule has 0 saturated heterocycles. The number of carbonyl (C=O) groups excluding carboxylic acids is 1. The molecular weight excluding hydrogens is 638 g/mol. The molecule has 49 heavy (non-hydrogen) atoms. The number of aromatic nitrogens is 2. The molecule has 0 bridgehead atoms. The number of amides is 1. The van der Waals surface area contributed by atoms with Crippen LogP contribution in [0.5, 0.6) is 5.75 Å². The van der Waals surface area contributed by atoms with Crippen molar-refractivity contribution in [3.63, 3.8) is 0 Å². The smallest absolute Gasteiger partial charge is 0.309 e. The molecule has 7 nitrogen and oxygen atoms in total. The van der Waals surface area contributed by atoms with Gasteiger partial charge in [-0.15, -0.1) is 11.8 Å². The lowest BCUT2D eigenvalue weighted by Crippen LogP contribution is -2.40. The molecule has 3 heterocycles. The first kappa shape index (κ1) is 34.2. The van der Waals surface area contributed by atoms with E-state index in [1.54, 1.807) is 38.6 Å². The number of carboxylic acid groups (broad SMARTS) is 1. The third kappa shape index (κ3) is 7.37. The van der Waals surface area contributed by atoms with Gasteiger partial charge in [-0.2, -0.15) is 0 Å². The van der Waals surface area contributed by atoms with E-state index in [0.717, 1.165) is 50.3 Å². The Morgan fingerprint density at radius 3 is 2.39 bits per heavy atom. The van der Waals surface area contributed by atoms with Gasteiger partial charge in [0.1, 0.15) is 18.2 Å². The zero-order valence-electron chi connectivity index (χ0n) is 28.8. The van der Waals surface area contributed by atoms with Crippen molar-refractivity contribution in [2.45, 2.75) is 76.6 Å². The first-order chi connectivity index (χ1) is 23.2. The third-order valence-electron chi connectivity index (χ3n) is 8.86. The summed E-state index contributed by atoms with van der Waals surface area (Å²) in [6, 6.07) is 25.0. The van der Waals surface area contributed by atoms with Crippen molar-refractivity contribution in [3.05, 3.63) is 108 Å². The van der Waals surface area contributed by atoms with Gasteiger partial charge in [0.05, 0.1) is 23.3 Å². The van der Waals surface area contributed by atoms with Crippen LogP contribution in [0.2, 0.25) is 0 Å². The summed E-state index contributed by atoms with van der Waals surface area (Å²) in [5.74, 6) is -0.553. The van der Waals surface area contributed by atoms with Gasteiger partial charge in [-0.05, 0) is 67.8 Å². The number of aliphatic carboxylic acids is 1. The lowest BCUT2D eigenvalue weighted by molar-refractivity contribution is -0.146. The highest BCUT2D eigenvalue weighted by Gasteiger charge is 2.34. The maximum Gasteiger partial charge on any atom is 0.309 e. The number of halogens is 1. The molecule has 254 valence electrons. The molecule has 2 aromatic heterocycles. The van der Waals surface area contributed by atoms with Crippen LogP contribution >= 0.6 is 11.8 Å². The average Bonchev–Trinajstić information content (AvgIpc) is 3.55. The highest BCUT2D eigenvalue weighted by atomic mass is 32.2. The molecule has 0 fully saturated rings. The SMILES string of the molecule is CC(=O)N1c2ccccc2C[C@H]1COc1ccc2c(c1)c(SC(C)(C)C)c(CC(C)(C)C(=O)O)n2Cc1ccc(-c2ccc(F)cn2)cc1. The van der Waals surface area contributed by atoms with Gasteiger partial charge in [-0.25, -0.2) is 4.39 Å². The van der Waals surface area contributed by atoms with Crippen LogP contribution in [-0.2, 0) is 29.0 Å². The molecule has 1 atom stereocenters. The van der Waals surface area contributed by atoms with Crippen molar-refractivity contribution >= 4 is 40.2 Å². The number of carboxylic acids is 1. The van der Waals surface area contributed by atoms with Crippen LogP contribution < -0.4 is 9.64 Å². The molecule has 0 unspecified atom stereocenters. The van der Waals surface area contributed by atoms with E-state index >= 15 is 0 Å². The van der Waals surface area contributed by atoms with Crippen molar-refractivity contribution in [2.24, 2.45) is 5.41 Å². The predicted molar refractivity (Wildman–Crippen MR) is 194 cm³/mol. The van der Waals surface area contributed by atoms with Crippen LogP contribution in [0.15, 0.2) is 90.0 Å². The van der Waals surface area contributed by atoms with Gasteiger partial charge < -0.3 is 19.3 Å². The number of hydrogen-bond donors (Lipinski definition) is 1. The van der Waals surface area contributed by atoms with Crippen molar-refractivity contribution in [1.82, 2.24) is 9.55 Å². The minimum absolute atomic E-state index is 0.0115. The summed E-state index contributed by atoms with van der Waals surface area (Å²) in [4.78, 5) is 32.1. The van der Waals surface area contributed by atoms with Crippen molar-refractivity contribution in [3.8, 4) is 17.0 Å². The quantitative estimate of drug-likeness (QED) is 0.149. The Bertz CT molecular complexity index is 2010. The largest absolute Gasteiger partial charge is 0.491 e. The lowest BCUT2D eigenvalue weighted by atomic mass is 9.88. The number of hydrogen-bond acceptors (Lipinski definition) is 5. The lowest BCUT2D eigenvalue weighted by Gasteiger charge is -2.24. The molecule has 1 amide bonds. The van der Waals surface area contributed by atoms with Gasteiger partial charge in [0.2, 0.25) is 5.91 Å². The Balaban J connectivity index is 1.38. The van der Waals surface area contributed by atoms with E-state index in [0.29, 0.717) is 31.0 Å².